The predicted molar refractivity (Wildman–Crippen MR) is 120 cm³/mol. The Bertz CT molecular complexity index is 1270. The predicted octanol–water partition coefficient (Wildman–Crippen LogP) is 4.81. The molecule has 0 aliphatic carbocycles. The number of anilines is 1. The zero-order valence-corrected chi connectivity index (χ0v) is 18.7. The van der Waals surface area contributed by atoms with Gasteiger partial charge >= 0.3 is 0 Å². The summed E-state index contributed by atoms with van der Waals surface area (Å²) < 4.78 is 35.6. The van der Waals surface area contributed by atoms with Crippen molar-refractivity contribution in [1.29, 1.82) is 0 Å². The lowest BCUT2D eigenvalue weighted by atomic mass is 10.2. The molecule has 9 heteroatoms. The van der Waals surface area contributed by atoms with Crippen LogP contribution in [0.25, 0.3) is 10.2 Å². The fraction of sp³-hybridized carbons (Fsp3) is 0.261. The number of nitrogens with zero attached hydrogens (tertiary/aromatic N) is 4. The van der Waals surface area contributed by atoms with Crippen LogP contribution in [0.15, 0.2) is 42.5 Å². The highest BCUT2D eigenvalue weighted by Crippen LogP contribution is 2.31. The Balaban J connectivity index is 1.59. The van der Waals surface area contributed by atoms with Crippen molar-refractivity contribution in [3.63, 3.8) is 0 Å². The molecule has 4 rings (SSSR count). The fourth-order valence-electron chi connectivity index (χ4n) is 3.34. The molecule has 166 valence electrons. The maximum absolute atomic E-state index is 14.2. The third-order valence-corrected chi connectivity index (χ3v) is 5.98. The van der Waals surface area contributed by atoms with Crippen LogP contribution in [0.2, 0.25) is 0 Å². The third kappa shape index (κ3) is 4.77. The average Bonchev–Trinajstić information content (AvgIpc) is 3.30. The van der Waals surface area contributed by atoms with E-state index in [4.69, 9.17) is 4.74 Å². The molecule has 0 fully saturated rings. The molecule has 6 nitrogen and oxygen atoms in total. The number of benzene rings is 2. The zero-order chi connectivity index (χ0) is 22.8. The van der Waals surface area contributed by atoms with Gasteiger partial charge in [0.1, 0.15) is 17.1 Å². The number of amides is 1. The molecule has 2 heterocycles. The van der Waals surface area contributed by atoms with Crippen molar-refractivity contribution < 1.29 is 18.3 Å². The van der Waals surface area contributed by atoms with E-state index in [2.05, 4.69) is 10.1 Å². The zero-order valence-electron chi connectivity index (χ0n) is 17.9. The minimum atomic E-state index is -0.760. The Morgan fingerprint density at radius 3 is 2.56 bits per heavy atom. The number of fused-ring (bicyclic) bond motifs is 1. The number of ether oxygens (including phenoxy) is 1. The van der Waals surface area contributed by atoms with E-state index in [1.807, 2.05) is 39.0 Å². The van der Waals surface area contributed by atoms with E-state index < -0.39 is 11.6 Å². The molecule has 32 heavy (non-hydrogen) atoms. The quantitative estimate of drug-likeness (QED) is 0.401. The molecule has 1 amide bonds. The highest BCUT2D eigenvalue weighted by molar-refractivity contribution is 7.22. The van der Waals surface area contributed by atoms with E-state index in [0.717, 1.165) is 34.4 Å². The molecule has 0 saturated carbocycles. The second kappa shape index (κ2) is 9.04. The van der Waals surface area contributed by atoms with Gasteiger partial charge in [-0.15, -0.1) is 0 Å². The molecule has 0 aliphatic rings. The van der Waals surface area contributed by atoms with Gasteiger partial charge in [0.2, 0.25) is 0 Å². The summed E-state index contributed by atoms with van der Waals surface area (Å²) in [6, 6.07) is 11.3. The molecular formula is C23H22F2N4O2S. The second-order valence-corrected chi connectivity index (χ2v) is 8.54. The Hall–Kier alpha value is -3.33. The van der Waals surface area contributed by atoms with Crippen LogP contribution in [0.3, 0.4) is 0 Å². The van der Waals surface area contributed by atoms with Crippen LogP contribution in [0.1, 0.15) is 17.0 Å². The minimum Gasteiger partial charge on any atom is -0.484 e. The van der Waals surface area contributed by atoms with Gasteiger partial charge in [-0.2, -0.15) is 5.10 Å². The number of hydrogen-bond acceptors (Lipinski definition) is 5. The van der Waals surface area contributed by atoms with E-state index in [9.17, 15) is 13.6 Å². The smallest absolute Gasteiger partial charge is 0.266 e. The monoisotopic (exact) mass is 456 g/mol. The lowest BCUT2D eigenvalue weighted by Gasteiger charge is -2.20. The summed E-state index contributed by atoms with van der Waals surface area (Å²) in [5.74, 6) is -1.22. The number of aryl methyl sites for hydroxylation is 3. The van der Waals surface area contributed by atoms with E-state index in [0.29, 0.717) is 17.0 Å². The van der Waals surface area contributed by atoms with E-state index in [-0.39, 0.29) is 29.7 Å². The summed E-state index contributed by atoms with van der Waals surface area (Å²) in [5, 5.41) is 4.71. The number of thiazole rings is 1. The highest BCUT2D eigenvalue weighted by atomic mass is 32.1. The number of carbonyl (C=O) groups is 1. The largest absolute Gasteiger partial charge is 0.484 e. The van der Waals surface area contributed by atoms with Gasteiger partial charge in [-0.05, 0) is 45.0 Å². The maximum atomic E-state index is 14.2. The molecule has 0 bridgehead atoms. The molecule has 2 aromatic heterocycles. The molecule has 0 unspecified atom stereocenters. The first kappa shape index (κ1) is 21.9. The van der Waals surface area contributed by atoms with Crippen LogP contribution in [0.5, 0.6) is 5.75 Å². The van der Waals surface area contributed by atoms with Crippen molar-refractivity contribution in [1.82, 2.24) is 14.8 Å². The highest BCUT2D eigenvalue weighted by Gasteiger charge is 2.22. The van der Waals surface area contributed by atoms with E-state index in [1.54, 1.807) is 16.8 Å². The summed E-state index contributed by atoms with van der Waals surface area (Å²) in [6.45, 7) is 6.25. The number of carbonyl (C=O) groups excluding carboxylic acids is 1. The minimum absolute atomic E-state index is 0.0368. The van der Waals surface area contributed by atoms with Gasteiger partial charge in [0.15, 0.2) is 17.6 Å². The first-order valence-corrected chi connectivity index (χ1v) is 10.9. The van der Waals surface area contributed by atoms with Crippen molar-refractivity contribution in [2.45, 2.75) is 27.3 Å². The molecule has 0 saturated heterocycles. The summed E-state index contributed by atoms with van der Waals surface area (Å²) in [7, 11) is 0. The Morgan fingerprint density at radius 2 is 1.88 bits per heavy atom. The molecular weight excluding hydrogens is 434 g/mol. The fourth-order valence-corrected chi connectivity index (χ4v) is 4.39. The van der Waals surface area contributed by atoms with Gasteiger partial charge < -0.3 is 4.74 Å². The van der Waals surface area contributed by atoms with Crippen molar-refractivity contribution in [2.75, 3.05) is 18.1 Å². The molecule has 0 aliphatic heterocycles. The Kier molecular flexibility index (Phi) is 6.18. The second-order valence-electron chi connectivity index (χ2n) is 7.53. The van der Waals surface area contributed by atoms with Crippen LogP contribution >= 0.6 is 11.3 Å². The maximum Gasteiger partial charge on any atom is 0.266 e. The molecule has 0 radical (unpaired) electrons. The van der Waals surface area contributed by atoms with Gasteiger partial charge in [0, 0.05) is 18.3 Å². The molecule has 0 spiro atoms. The van der Waals surface area contributed by atoms with Gasteiger partial charge in [-0.3, -0.25) is 14.4 Å². The lowest BCUT2D eigenvalue weighted by molar-refractivity contribution is -0.120. The van der Waals surface area contributed by atoms with Crippen LogP contribution in [-0.4, -0.2) is 33.8 Å². The molecule has 2 aromatic carbocycles. The number of rotatable bonds is 7. The summed E-state index contributed by atoms with van der Waals surface area (Å²) in [4.78, 5) is 18.8. The third-order valence-electron chi connectivity index (χ3n) is 4.96. The SMILES string of the molecule is Cc1ccc(OCC(=O)N(CCn2nc(C)cc2C)c2nc3c(F)cc(F)cc3s2)cc1. The molecule has 0 N–H and O–H groups in total. The van der Waals surface area contributed by atoms with Gasteiger partial charge in [0.25, 0.3) is 5.91 Å². The van der Waals surface area contributed by atoms with Crippen LogP contribution in [-0.2, 0) is 11.3 Å². The Labute approximate surface area is 188 Å². The molecule has 0 atom stereocenters. The summed E-state index contributed by atoms with van der Waals surface area (Å²) >= 11 is 1.06. The normalized spacial score (nSPS) is 11.2. The summed E-state index contributed by atoms with van der Waals surface area (Å²) in [5.41, 5.74) is 2.96. The Morgan fingerprint density at radius 1 is 1.12 bits per heavy atom. The summed E-state index contributed by atoms with van der Waals surface area (Å²) in [6.07, 6.45) is 0. The van der Waals surface area contributed by atoms with Crippen LogP contribution in [0.4, 0.5) is 13.9 Å². The number of halogens is 2. The standard InChI is InChI=1S/C23H22F2N4O2S/c1-14-4-6-18(7-5-14)31-13-21(30)28(8-9-29-16(3)10-15(2)27-29)23-26-22-19(25)11-17(24)12-20(22)32-23/h4-7,10-12H,8-9,13H2,1-3H3. The van der Waals surface area contributed by atoms with Crippen molar-refractivity contribution in [2.24, 2.45) is 0 Å². The average molecular weight is 457 g/mol. The first-order valence-electron chi connectivity index (χ1n) is 10.1. The topological polar surface area (TPSA) is 60.2 Å². The van der Waals surface area contributed by atoms with Gasteiger partial charge in [0.05, 0.1) is 16.9 Å². The van der Waals surface area contributed by atoms with E-state index >= 15 is 0 Å². The van der Waals surface area contributed by atoms with Gasteiger partial charge in [-0.25, -0.2) is 13.8 Å². The number of hydrogen-bond donors (Lipinski definition) is 0. The lowest BCUT2D eigenvalue weighted by Crippen LogP contribution is -2.37. The van der Waals surface area contributed by atoms with Crippen molar-refractivity contribution in [3.8, 4) is 5.75 Å². The number of aromatic nitrogens is 3. The van der Waals surface area contributed by atoms with Crippen molar-refractivity contribution >= 4 is 32.6 Å². The molecule has 4 aromatic rings. The van der Waals surface area contributed by atoms with Gasteiger partial charge in [-0.1, -0.05) is 29.0 Å². The van der Waals surface area contributed by atoms with Crippen LogP contribution in [0, 0.1) is 32.4 Å². The first-order chi connectivity index (χ1) is 15.3. The van der Waals surface area contributed by atoms with E-state index in [1.165, 1.54) is 11.0 Å². The van der Waals surface area contributed by atoms with Crippen LogP contribution < -0.4 is 9.64 Å². The van der Waals surface area contributed by atoms with Crippen molar-refractivity contribution in [3.05, 3.63) is 71.1 Å².